The van der Waals surface area contributed by atoms with Gasteiger partial charge >= 0.3 is 0 Å². The second-order valence-electron chi connectivity index (χ2n) is 3.09. The number of primary amides is 1. The lowest BCUT2D eigenvalue weighted by atomic mass is 9.98. The first kappa shape index (κ1) is 10.3. The van der Waals surface area contributed by atoms with E-state index in [0.29, 0.717) is 6.42 Å². The summed E-state index contributed by atoms with van der Waals surface area (Å²) in [5.74, 6) is -0.0867. The van der Waals surface area contributed by atoms with Crippen LogP contribution in [0.4, 0.5) is 0 Å². The predicted molar refractivity (Wildman–Crippen MR) is 56.4 cm³/mol. The zero-order valence-electron chi connectivity index (χ0n) is 7.46. The van der Waals surface area contributed by atoms with Crippen molar-refractivity contribution in [1.29, 1.82) is 0 Å². The van der Waals surface area contributed by atoms with Crippen molar-refractivity contribution < 1.29 is 4.79 Å². The molecule has 0 aliphatic carbocycles. The summed E-state index contributed by atoms with van der Waals surface area (Å²) in [6.07, 6.45) is 0.391. The summed E-state index contributed by atoms with van der Waals surface area (Å²) in [6.45, 7) is 1.99. The Morgan fingerprint density at radius 2 is 2.15 bits per heavy atom. The lowest BCUT2D eigenvalue weighted by Crippen LogP contribution is -2.13. The van der Waals surface area contributed by atoms with E-state index in [9.17, 15) is 4.79 Å². The van der Waals surface area contributed by atoms with Crippen molar-refractivity contribution in [3.8, 4) is 0 Å². The van der Waals surface area contributed by atoms with Gasteiger partial charge in [-0.3, -0.25) is 4.79 Å². The fourth-order valence-electron chi connectivity index (χ4n) is 1.29. The summed E-state index contributed by atoms with van der Waals surface area (Å²) in [7, 11) is 0. The van der Waals surface area contributed by atoms with Gasteiger partial charge in [0, 0.05) is 10.9 Å². The molecule has 1 rings (SSSR count). The number of rotatable bonds is 3. The predicted octanol–water partition coefficient (Wildman–Crippen LogP) is 2.43. The molecule has 1 aromatic carbocycles. The molecule has 0 radical (unpaired) electrons. The van der Waals surface area contributed by atoms with E-state index in [2.05, 4.69) is 15.9 Å². The van der Waals surface area contributed by atoms with Crippen molar-refractivity contribution >= 4 is 21.8 Å². The summed E-state index contributed by atoms with van der Waals surface area (Å²) in [5, 5.41) is 0. The van der Waals surface area contributed by atoms with Gasteiger partial charge in [-0.2, -0.15) is 0 Å². The highest BCUT2D eigenvalue weighted by atomic mass is 79.9. The third kappa shape index (κ3) is 2.84. The Hall–Kier alpha value is -0.830. The molecule has 1 unspecified atom stereocenters. The summed E-state index contributed by atoms with van der Waals surface area (Å²) in [4.78, 5) is 10.7. The van der Waals surface area contributed by atoms with Crippen LogP contribution in [-0.2, 0) is 4.79 Å². The first-order valence-electron chi connectivity index (χ1n) is 4.14. The molecule has 0 aliphatic rings. The highest BCUT2D eigenvalue weighted by Crippen LogP contribution is 2.26. The molecule has 0 bridgehead atoms. The van der Waals surface area contributed by atoms with E-state index in [0.717, 1.165) is 10.0 Å². The minimum absolute atomic E-state index is 0.174. The SMILES string of the molecule is CC(CC(N)=O)c1ccccc1Br. The molecule has 70 valence electrons. The smallest absolute Gasteiger partial charge is 0.218 e. The molecule has 3 heteroatoms. The normalized spacial score (nSPS) is 12.5. The lowest BCUT2D eigenvalue weighted by Gasteiger charge is -2.10. The standard InChI is InChI=1S/C10H12BrNO/c1-7(6-10(12)13)8-4-2-3-5-9(8)11/h2-5,7H,6H2,1H3,(H2,12,13). The highest BCUT2D eigenvalue weighted by Gasteiger charge is 2.10. The minimum Gasteiger partial charge on any atom is -0.370 e. The van der Waals surface area contributed by atoms with Crippen molar-refractivity contribution in [3.63, 3.8) is 0 Å². The third-order valence-corrected chi connectivity index (χ3v) is 2.67. The van der Waals surface area contributed by atoms with Crippen LogP contribution >= 0.6 is 15.9 Å². The molecule has 0 aliphatic heterocycles. The number of halogens is 1. The Balaban J connectivity index is 2.82. The molecular formula is C10H12BrNO. The van der Waals surface area contributed by atoms with Crippen molar-refractivity contribution in [2.75, 3.05) is 0 Å². The molecule has 0 heterocycles. The van der Waals surface area contributed by atoms with Gasteiger partial charge in [0.25, 0.3) is 0 Å². The van der Waals surface area contributed by atoms with Crippen molar-refractivity contribution in [2.24, 2.45) is 5.73 Å². The lowest BCUT2D eigenvalue weighted by molar-refractivity contribution is -0.118. The molecule has 0 fully saturated rings. The highest BCUT2D eigenvalue weighted by molar-refractivity contribution is 9.10. The summed E-state index contributed by atoms with van der Waals surface area (Å²) < 4.78 is 1.03. The zero-order valence-corrected chi connectivity index (χ0v) is 9.04. The number of carbonyl (C=O) groups excluding carboxylic acids is 1. The molecule has 0 saturated carbocycles. The number of nitrogens with two attached hydrogens (primary N) is 1. The fraction of sp³-hybridized carbons (Fsp3) is 0.300. The molecule has 1 aromatic rings. The quantitative estimate of drug-likeness (QED) is 0.868. The fourth-order valence-corrected chi connectivity index (χ4v) is 1.96. The van der Waals surface area contributed by atoms with E-state index in [1.807, 2.05) is 31.2 Å². The van der Waals surface area contributed by atoms with Crippen molar-refractivity contribution in [3.05, 3.63) is 34.3 Å². The Morgan fingerprint density at radius 1 is 1.54 bits per heavy atom. The van der Waals surface area contributed by atoms with E-state index < -0.39 is 0 Å². The van der Waals surface area contributed by atoms with Crippen molar-refractivity contribution in [1.82, 2.24) is 0 Å². The zero-order chi connectivity index (χ0) is 9.84. The average molecular weight is 242 g/mol. The molecule has 0 aromatic heterocycles. The van der Waals surface area contributed by atoms with Crippen LogP contribution in [-0.4, -0.2) is 5.91 Å². The summed E-state index contributed by atoms with van der Waals surface area (Å²) >= 11 is 3.43. The van der Waals surface area contributed by atoms with Gasteiger partial charge in [-0.25, -0.2) is 0 Å². The molecule has 13 heavy (non-hydrogen) atoms. The molecule has 2 N–H and O–H groups in total. The number of carbonyl (C=O) groups is 1. The van der Waals surface area contributed by atoms with Gasteiger partial charge < -0.3 is 5.73 Å². The monoisotopic (exact) mass is 241 g/mol. The molecule has 2 nitrogen and oxygen atoms in total. The van der Waals surface area contributed by atoms with Crippen LogP contribution in [0, 0.1) is 0 Å². The first-order chi connectivity index (χ1) is 6.11. The van der Waals surface area contributed by atoms with Gasteiger partial charge in [0.15, 0.2) is 0 Å². The van der Waals surface area contributed by atoms with Crippen molar-refractivity contribution in [2.45, 2.75) is 19.3 Å². The van der Waals surface area contributed by atoms with E-state index in [1.165, 1.54) is 0 Å². The van der Waals surface area contributed by atoms with Crippen LogP contribution in [0.25, 0.3) is 0 Å². The third-order valence-electron chi connectivity index (χ3n) is 1.94. The maximum Gasteiger partial charge on any atom is 0.218 e. The topological polar surface area (TPSA) is 43.1 Å². The molecule has 0 saturated heterocycles. The van der Waals surface area contributed by atoms with Gasteiger partial charge in [-0.1, -0.05) is 41.1 Å². The van der Waals surface area contributed by atoms with Crippen LogP contribution in [0.3, 0.4) is 0 Å². The molecular weight excluding hydrogens is 230 g/mol. The van der Waals surface area contributed by atoms with Gasteiger partial charge in [0.05, 0.1) is 0 Å². The Labute approximate surface area is 86.3 Å². The van der Waals surface area contributed by atoms with Crippen LogP contribution in [0.15, 0.2) is 28.7 Å². The van der Waals surface area contributed by atoms with E-state index in [-0.39, 0.29) is 11.8 Å². The number of hydrogen-bond donors (Lipinski definition) is 1. The van der Waals surface area contributed by atoms with Crippen LogP contribution in [0.5, 0.6) is 0 Å². The van der Waals surface area contributed by atoms with E-state index >= 15 is 0 Å². The van der Waals surface area contributed by atoms with E-state index in [4.69, 9.17) is 5.73 Å². The largest absolute Gasteiger partial charge is 0.370 e. The second-order valence-corrected chi connectivity index (χ2v) is 3.95. The van der Waals surface area contributed by atoms with Gasteiger partial charge in [0.2, 0.25) is 5.91 Å². The van der Waals surface area contributed by atoms with Crippen LogP contribution in [0.1, 0.15) is 24.8 Å². The second kappa shape index (κ2) is 4.42. The Morgan fingerprint density at radius 3 is 2.69 bits per heavy atom. The van der Waals surface area contributed by atoms with E-state index in [1.54, 1.807) is 0 Å². The minimum atomic E-state index is -0.261. The number of benzene rings is 1. The molecule has 1 amide bonds. The Bertz CT molecular complexity index is 312. The van der Waals surface area contributed by atoms with Gasteiger partial charge in [0.1, 0.15) is 0 Å². The maximum atomic E-state index is 10.7. The summed E-state index contributed by atoms with van der Waals surface area (Å²) in [5.41, 5.74) is 6.25. The maximum absolute atomic E-state index is 10.7. The number of amides is 1. The van der Waals surface area contributed by atoms with Crippen LogP contribution < -0.4 is 5.73 Å². The molecule has 0 spiro atoms. The van der Waals surface area contributed by atoms with Crippen LogP contribution in [0.2, 0.25) is 0 Å². The average Bonchev–Trinajstić information content (AvgIpc) is 2.03. The van der Waals surface area contributed by atoms with Gasteiger partial charge in [-0.15, -0.1) is 0 Å². The Kier molecular flexibility index (Phi) is 3.48. The first-order valence-corrected chi connectivity index (χ1v) is 4.93. The summed E-state index contributed by atoms with van der Waals surface area (Å²) in [6, 6.07) is 7.87. The number of hydrogen-bond acceptors (Lipinski definition) is 1. The molecule has 1 atom stereocenters. The van der Waals surface area contributed by atoms with Gasteiger partial charge in [-0.05, 0) is 17.5 Å².